The molecular formula is C17H8F6N2OS2. The standard InChI is InChI=1S/C17H8F6N2OS2/c18-16(19,20)8-4-5-10(11(6-8)17(21,22)23)12-3-1-2-9(24-12)7-13-14(26)25-15(27)28-13/h1-7H,(H,25,26,27). The van der Waals surface area contributed by atoms with Crippen LogP contribution in [0, 0.1) is 0 Å². The third-order valence-electron chi connectivity index (χ3n) is 3.62. The molecule has 1 aliphatic heterocycles. The summed E-state index contributed by atoms with van der Waals surface area (Å²) in [7, 11) is 0. The van der Waals surface area contributed by atoms with Crippen LogP contribution in [-0.4, -0.2) is 15.2 Å². The molecule has 1 aromatic carbocycles. The number of amides is 1. The zero-order valence-electron chi connectivity index (χ0n) is 13.5. The van der Waals surface area contributed by atoms with Gasteiger partial charge in [0.2, 0.25) is 0 Å². The zero-order valence-corrected chi connectivity index (χ0v) is 15.1. The van der Waals surface area contributed by atoms with Crippen molar-refractivity contribution in [3.05, 3.63) is 58.1 Å². The van der Waals surface area contributed by atoms with E-state index in [2.05, 4.69) is 10.3 Å². The number of nitrogens with zero attached hydrogens (tertiary/aromatic N) is 1. The Morgan fingerprint density at radius 3 is 2.32 bits per heavy atom. The molecule has 11 heteroatoms. The molecule has 0 atom stereocenters. The molecule has 2 aromatic rings. The van der Waals surface area contributed by atoms with Crippen molar-refractivity contribution in [2.24, 2.45) is 0 Å². The number of halogens is 6. The summed E-state index contributed by atoms with van der Waals surface area (Å²) in [4.78, 5) is 15.9. The number of thiocarbonyl (C=S) groups is 1. The van der Waals surface area contributed by atoms with Crippen LogP contribution in [0.4, 0.5) is 26.3 Å². The lowest BCUT2D eigenvalue weighted by molar-refractivity contribution is -0.142. The predicted octanol–water partition coefficient (Wildman–Crippen LogP) is 5.28. The molecule has 0 aliphatic carbocycles. The predicted molar refractivity (Wildman–Crippen MR) is 96.0 cm³/mol. The largest absolute Gasteiger partial charge is 0.417 e. The van der Waals surface area contributed by atoms with Crippen LogP contribution in [0.1, 0.15) is 16.8 Å². The second-order valence-electron chi connectivity index (χ2n) is 5.56. The van der Waals surface area contributed by atoms with Gasteiger partial charge in [-0.25, -0.2) is 4.98 Å². The number of hydrogen-bond acceptors (Lipinski definition) is 4. The van der Waals surface area contributed by atoms with Crippen molar-refractivity contribution in [2.75, 3.05) is 0 Å². The van der Waals surface area contributed by atoms with Gasteiger partial charge in [0, 0.05) is 5.56 Å². The van der Waals surface area contributed by atoms with Gasteiger partial charge in [0.25, 0.3) is 5.91 Å². The van der Waals surface area contributed by atoms with Gasteiger partial charge in [-0.1, -0.05) is 36.1 Å². The molecule has 0 spiro atoms. The maximum Gasteiger partial charge on any atom is 0.417 e. The fourth-order valence-corrected chi connectivity index (χ4v) is 3.44. The summed E-state index contributed by atoms with van der Waals surface area (Å²) in [5, 5.41) is 2.39. The van der Waals surface area contributed by atoms with Crippen molar-refractivity contribution >= 4 is 40.3 Å². The van der Waals surface area contributed by atoms with Gasteiger partial charge < -0.3 is 5.32 Å². The SMILES string of the molecule is O=C1NC(=S)SC1=Cc1cccc(-c2ccc(C(F)(F)F)cc2C(F)(F)F)n1. The highest BCUT2D eigenvalue weighted by Crippen LogP contribution is 2.40. The van der Waals surface area contributed by atoms with Gasteiger partial charge in [-0.05, 0) is 30.3 Å². The number of aromatic nitrogens is 1. The number of rotatable bonds is 2. The molecule has 3 nitrogen and oxygen atoms in total. The molecule has 1 N–H and O–H groups in total. The van der Waals surface area contributed by atoms with Gasteiger partial charge in [-0.3, -0.25) is 4.79 Å². The minimum atomic E-state index is -5.01. The molecule has 0 radical (unpaired) electrons. The van der Waals surface area contributed by atoms with Crippen molar-refractivity contribution in [3.63, 3.8) is 0 Å². The minimum Gasteiger partial charge on any atom is -0.307 e. The van der Waals surface area contributed by atoms with Gasteiger partial charge in [-0.15, -0.1) is 0 Å². The van der Waals surface area contributed by atoms with Gasteiger partial charge >= 0.3 is 12.4 Å². The highest BCUT2D eigenvalue weighted by Gasteiger charge is 2.38. The van der Waals surface area contributed by atoms with Crippen molar-refractivity contribution in [1.82, 2.24) is 10.3 Å². The summed E-state index contributed by atoms with van der Waals surface area (Å²) in [5.41, 5.74) is -3.38. The molecule has 1 aromatic heterocycles. The van der Waals surface area contributed by atoms with Gasteiger partial charge in [0.1, 0.15) is 4.32 Å². The smallest absolute Gasteiger partial charge is 0.307 e. The van der Waals surface area contributed by atoms with Crippen LogP contribution in [-0.2, 0) is 17.1 Å². The average molecular weight is 434 g/mol. The topological polar surface area (TPSA) is 42.0 Å². The summed E-state index contributed by atoms with van der Waals surface area (Å²) in [5.74, 6) is -0.465. The fraction of sp³-hybridized carbons (Fsp3) is 0.118. The van der Waals surface area contributed by atoms with E-state index in [1.165, 1.54) is 24.3 Å². The molecule has 0 saturated carbocycles. The van der Waals surface area contributed by atoms with Crippen LogP contribution in [0.3, 0.4) is 0 Å². The fourth-order valence-electron chi connectivity index (χ4n) is 2.42. The maximum atomic E-state index is 13.3. The first kappa shape index (κ1) is 20.3. The number of pyridine rings is 1. The van der Waals surface area contributed by atoms with Gasteiger partial charge in [0.05, 0.1) is 27.4 Å². The Morgan fingerprint density at radius 1 is 1.04 bits per heavy atom. The maximum absolute atomic E-state index is 13.3. The van der Waals surface area contributed by atoms with E-state index in [-0.39, 0.29) is 26.7 Å². The first-order valence-corrected chi connectivity index (χ1v) is 8.68. The van der Waals surface area contributed by atoms with E-state index in [1.54, 1.807) is 0 Å². The van der Waals surface area contributed by atoms with Crippen LogP contribution in [0.5, 0.6) is 0 Å². The molecule has 0 unspecified atom stereocenters. The van der Waals surface area contributed by atoms with E-state index < -0.39 is 35.0 Å². The van der Waals surface area contributed by atoms with Crippen LogP contribution in [0.2, 0.25) is 0 Å². The molecule has 1 saturated heterocycles. The third kappa shape index (κ3) is 4.36. The average Bonchev–Trinajstić information content (AvgIpc) is 2.90. The first-order chi connectivity index (χ1) is 12.9. The van der Waals surface area contributed by atoms with Crippen LogP contribution >= 0.6 is 24.0 Å². The van der Waals surface area contributed by atoms with Crippen LogP contribution in [0.15, 0.2) is 41.3 Å². The molecule has 1 fully saturated rings. The second kappa shape index (κ2) is 7.21. The number of hydrogen-bond donors (Lipinski definition) is 1. The second-order valence-corrected chi connectivity index (χ2v) is 7.27. The van der Waals surface area contributed by atoms with E-state index >= 15 is 0 Å². The monoisotopic (exact) mass is 434 g/mol. The lowest BCUT2D eigenvalue weighted by Crippen LogP contribution is -2.17. The normalized spacial score (nSPS) is 16.6. The van der Waals surface area contributed by atoms with E-state index in [9.17, 15) is 31.1 Å². The number of carbonyl (C=O) groups excluding carboxylic acids is 1. The Bertz CT molecular complexity index is 998. The molecule has 1 amide bonds. The highest BCUT2D eigenvalue weighted by atomic mass is 32.2. The molecule has 28 heavy (non-hydrogen) atoms. The Morgan fingerprint density at radius 2 is 1.75 bits per heavy atom. The zero-order chi connectivity index (χ0) is 20.7. The van der Waals surface area contributed by atoms with E-state index in [1.807, 2.05) is 0 Å². The first-order valence-electron chi connectivity index (χ1n) is 7.46. The Labute approximate surface area is 163 Å². The van der Waals surface area contributed by atoms with Gasteiger partial charge in [-0.2, -0.15) is 26.3 Å². The number of benzene rings is 1. The number of thioether (sulfide) groups is 1. The summed E-state index contributed by atoms with van der Waals surface area (Å²) < 4.78 is 78.7. The summed E-state index contributed by atoms with van der Waals surface area (Å²) >= 11 is 5.81. The summed E-state index contributed by atoms with van der Waals surface area (Å²) in [6.07, 6.45) is -8.59. The lowest BCUT2D eigenvalue weighted by Gasteiger charge is -2.16. The molecule has 3 rings (SSSR count). The Kier molecular flexibility index (Phi) is 5.24. The van der Waals surface area contributed by atoms with Crippen molar-refractivity contribution < 1.29 is 31.1 Å². The number of alkyl halides is 6. The number of carbonyl (C=O) groups is 1. The van der Waals surface area contributed by atoms with E-state index in [0.29, 0.717) is 6.07 Å². The van der Waals surface area contributed by atoms with Crippen molar-refractivity contribution in [2.45, 2.75) is 12.4 Å². The number of nitrogens with one attached hydrogen (secondary N) is 1. The Balaban J connectivity index is 2.08. The quantitative estimate of drug-likeness (QED) is 0.397. The minimum absolute atomic E-state index is 0.0564. The highest BCUT2D eigenvalue weighted by molar-refractivity contribution is 8.26. The molecular weight excluding hydrogens is 426 g/mol. The van der Waals surface area contributed by atoms with Gasteiger partial charge in [0.15, 0.2) is 0 Å². The van der Waals surface area contributed by atoms with Crippen molar-refractivity contribution in [3.8, 4) is 11.3 Å². The summed E-state index contributed by atoms with van der Waals surface area (Å²) in [6.45, 7) is 0. The van der Waals surface area contributed by atoms with Crippen LogP contribution < -0.4 is 5.32 Å². The molecule has 1 aliphatic rings. The van der Waals surface area contributed by atoms with E-state index in [0.717, 1.165) is 17.8 Å². The third-order valence-corrected chi connectivity index (χ3v) is 4.78. The molecule has 0 bridgehead atoms. The Hall–Kier alpha value is -2.40. The molecule has 146 valence electrons. The summed E-state index contributed by atoms with van der Waals surface area (Å²) in [6, 6.07) is 5.44. The lowest BCUT2D eigenvalue weighted by atomic mass is 10.00. The van der Waals surface area contributed by atoms with E-state index in [4.69, 9.17) is 12.2 Å². The van der Waals surface area contributed by atoms with Crippen LogP contribution in [0.25, 0.3) is 17.3 Å². The van der Waals surface area contributed by atoms with Crippen molar-refractivity contribution in [1.29, 1.82) is 0 Å². The molecule has 2 heterocycles.